The van der Waals surface area contributed by atoms with Gasteiger partial charge in [0.2, 0.25) is 11.7 Å². The monoisotopic (exact) mass is 554 g/mol. The number of alkyl halides is 2. The van der Waals surface area contributed by atoms with Crippen LogP contribution < -0.4 is 4.74 Å². The Bertz CT molecular complexity index is 1540. The van der Waals surface area contributed by atoms with Crippen LogP contribution in [0, 0.1) is 5.41 Å². The number of aliphatic hydroxyl groups excluding tert-OH is 2. The molecule has 0 fully saturated rings. The molecule has 4 rings (SSSR count). The van der Waals surface area contributed by atoms with E-state index in [1.807, 2.05) is 24.3 Å². The molecule has 11 nitrogen and oxygen atoms in total. The van der Waals surface area contributed by atoms with Gasteiger partial charge in [-0.05, 0) is 31.0 Å². The highest BCUT2D eigenvalue weighted by Gasteiger charge is 2.26. The van der Waals surface area contributed by atoms with Crippen LogP contribution in [0.15, 0.2) is 54.4 Å². The van der Waals surface area contributed by atoms with Crippen LogP contribution >= 0.6 is 0 Å². The Balaban J connectivity index is 1.48. The molecule has 0 atom stereocenters. The van der Waals surface area contributed by atoms with Gasteiger partial charge in [-0.2, -0.15) is 4.52 Å². The summed E-state index contributed by atoms with van der Waals surface area (Å²) >= 11 is 0. The van der Waals surface area contributed by atoms with Crippen molar-refractivity contribution >= 4 is 27.9 Å². The number of methoxy groups -OCH3 is 1. The minimum Gasteiger partial charge on any atom is -0.510 e. The lowest BCUT2D eigenvalue weighted by atomic mass is 10.0. The van der Waals surface area contributed by atoms with E-state index in [-0.39, 0.29) is 61.4 Å². The van der Waals surface area contributed by atoms with Crippen LogP contribution in [0.4, 0.5) is 8.78 Å². The molecule has 0 aliphatic carbocycles. The van der Waals surface area contributed by atoms with Crippen LogP contribution in [0.2, 0.25) is 0 Å². The summed E-state index contributed by atoms with van der Waals surface area (Å²) in [6.45, 7) is -1.24. The maximum Gasteiger partial charge on any atom is 0.270 e. The predicted molar refractivity (Wildman–Crippen MR) is 141 cm³/mol. The van der Waals surface area contributed by atoms with E-state index in [2.05, 4.69) is 20.3 Å². The van der Waals surface area contributed by atoms with E-state index in [0.717, 1.165) is 0 Å². The topological polar surface area (TPSA) is 156 Å². The van der Waals surface area contributed by atoms with Crippen molar-refractivity contribution in [3.05, 3.63) is 71.5 Å². The summed E-state index contributed by atoms with van der Waals surface area (Å²) in [5.74, 6) is -3.16. The lowest BCUT2D eigenvalue weighted by Crippen LogP contribution is -2.20. The van der Waals surface area contributed by atoms with Crippen molar-refractivity contribution in [2.24, 2.45) is 0 Å². The molecule has 0 amide bonds. The number of hydrogen-bond donors (Lipinski definition) is 3. The van der Waals surface area contributed by atoms with Crippen LogP contribution in [0.1, 0.15) is 47.6 Å². The van der Waals surface area contributed by atoms with Gasteiger partial charge in [0, 0.05) is 48.6 Å². The van der Waals surface area contributed by atoms with Gasteiger partial charge in [0.15, 0.2) is 11.4 Å². The molecule has 3 aromatic heterocycles. The lowest BCUT2D eigenvalue weighted by molar-refractivity contribution is -0.0577. The summed E-state index contributed by atoms with van der Waals surface area (Å²) < 4.78 is 38.4. The molecule has 0 aliphatic heterocycles. The van der Waals surface area contributed by atoms with E-state index in [0.29, 0.717) is 27.7 Å². The van der Waals surface area contributed by atoms with E-state index in [9.17, 15) is 18.7 Å². The molecule has 0 saturated carbocycles. The number of Topliss-reactive ketones (excluding diaryl/α,β-unsaturated/α-hetero) is 1. The standard InChI is InChI=1S/C27H28F2N6O5/c1-39-15-19(37)12-22(30)25-33-32-24-20-6-2-3-7-21(20)26(34-35(24)25)40-14-18-10-9-17(13-31-18)23(38)8-4-5-11-27(28,29)16-36/h2-3,6-7,9-10,12-13,30,36-37H,4-5,8,11,14-16H2,1H3/b19-12-,30-22?. The molecule has 0 radical (unpaired) electrons. The molecule has 13 heteroatoms. The fourth-order valence-electron chi connectivity index (χ4n) is 3.96. The Morgan fingerprint density at radius 1 is 1.15 bits per heavy atom. The number of nitrogens with zero attached hydrogens (tertiary/aromatic N) is 5. The number of aliphatic hydroxyl groups is 2. The number of rotatable bonds is 14. The fourth-order valence-corrected chi connectivity index (χ4v) is 3.96. The number of carbonyl (C=O) groups excluding carboxylic acids is 1. The van der Waals surface area contributed by atoms with Gasteiger partial charge < -0.3 is 19.7 Å². The molecular weight excluding hydrogens is 526 g/mol. The number of hydrogen-bond acceptors (Lipinski definition) is 10. The van der Waals surface area contributed by atoms with Gasteiger partial charge in [0.05, 0.1) is 5.69 Å². The second-order valence-electron chi connectivity index (χ2n) is 9.06. The largest absolute Gasteiger partial charge is 0.510 e. The third kappa shape index (κ3) is 6.79. The summed E-state index contributed by atoms with van der Waals surface area (Å²) in [5.41, 5.74) is 1.16. The van der Waals surface area contributed by atoms with Crippen molar-refractivity contribution in [2.45, 2.75) is 38.2 Å². The molecule has 3 heterocycles. The van der Waals surface area contributed by atoms with Crippen molar-refractivity contribution in [3.63, 3.8) is 0 Å². The SMILES string of the molecule is COC/C(O)=C/C(=N)c1nnc2c3ccccc3c(OCc3ccc(C(=O)CCCCC(F)(F)CO)cn3)nn12. The summed E-state index contributed by atoms with van der Waals surface area (Å²) in [5, 5.41) is 40.9. The predicted octanol–water partition coefficient (Wildman–Crippen LogP) is 4.08. The highest BCUT2D eigenvalue weighted by atomic mass is 19.3. The molecule has 0 aliphatic rings. The Hall–Kier alpha value is -4.36. The fraction of sp³-hybridized carbons (Fsp3) is 0.333. The second-order valence-corrected chi connectivity index (χ2v) is 9.06. The number of unbranched alkanes of at least 4 members (excludes halogenated alkanes) is 1. The number of nitrogens with one attached hydrogen (secondary N) is 1. The Kier molecular flexibility index (Phi) is 9.07. The summed E-state index contributed by atoms with van der Waals surface area (Å²) in [7, 11) is 1.42. The van der Waals surface area contributed by atoms with Gasteiger partial charge in [0.1, 0.15) is 31.3 Å². The maximum absolute atomic E-state index is 13.1. The number of fused-ring (bicyclic) bond motifs is 3. The molecule has 0 spiro atoms. The molecule has 0 saturated heterocycles. The first-order chi connectivity index (χ1) is 19.2. The minimum absolute atomic E-state index is 0.0245. The second kappa shape index (κ2) is 12.7. The average Bonchev–Trinajstić information content (AvgIpc) is 3.39. The van der Waals surface area contributed by atoms with Gasteiger partial charge in [-0.3, -0.25) is 15.2 Å². The lowest BCUT2D eigenvalue weighted by Gasteiger charge is -2.12. The summed E-state index contributed by atoms with van der Waals surface area (Å²) in [6, 6.07) is 10.5. The highest BCUT2D eigenvalue weighted by molar-refractivity contribution is 6.05. The first-order valence-corrected chi connectivity index (χ1v) is 12.4. The third-order valence-corrected chi connectivity index (χ3v) is 6.01. The zero-order valence-electron chi connectivity index (χ0n) is 21.7. The first-order valence-electron chi connectivity index (χ1n) is 12.4. The smallest absolute Gasteiger partial charge is 0.270 e. The zero-order valence-corrected chi connectivity index (χ0v) is 21.7. The van der Waals surface area contributed by atoms with E-state index in [1.54, 1.807) is 12.1 Å². The van der Waals surface area contributed by atoms with Crippen LogP contribution in [-0.2, 0) is 11.3 Å². The van der Waals surface area contributed by atoms with Gasteiger partial charge in [-0.1, -0.05) is 18.2 Å². The van der Waals surface area contributed by atoms with Crippen LogP contribution in [0.25, 0.3) is 16.4 Å². The van der Waals surface area contributed by atoms with Crippen molar-refractivity contribution in [3.8, 4) is 5.88 Å². The average molecular weight is 555 g/mol. The van der Waals surface area contributed by atoms with Gasteiger partial charge in [0.25, 0.3) is 5.92 Å². The van der Waals surface area contributed by atoms with E-state index < -0.39 is 19.0 Å². The normalized spacial score (nSPS) is 12.2. The third-order valence-electron chi connectivity index (χ3n) is 6.01. The number of ether oxygens (including phenoxy) is 2. The first kappa shape index (κ1) is 28.6. The molecule has 1 aromatic carbocycles. The summed E-state index contributed by atoms with van der Waals surface area (Å²) in [6.07, 6.45) is 2.66. The number of benzene rings is 1. The van der Waals surface area contributed by atoms with E-state index in [1.165, 1.54) is 23.9 Å². The zero-order chi connectivity index (χ0) is 28.7. The number of ketones is 1. The maximum atomic E-state index is 13.1. The van der Waals surface area contributed by atoms with Crippen molar-refractivity contribution in [1.29, 1.82) is 5.41 Å². The Morgan fingerprint density at radius 3 is 2.62 bits per heavy atom. The van der Waals surface area contributed by atoms with Gasteiger partial charge in [-0.25, -0.2) is 8.78 Å². The summed E-state index contributed by atoms with van der Waals surface area (Å²) in [4.78, 5) is 16.7. The molecule has 40 heavy (non-hydrogen) atoms. The van der Waals surface area contributed by atoms with Crippen LogP contribution in [0.3, 0.4) is 0 Å². The highest BCUT2D eigenvalue weighted by Crippen LogP contribution is 2.27. The van der Waals surface area contributed by atoms with Crippen molar-refractivity contribution < 1.29 is 33.3 Å². The number of halogens is 2. The molecular formula is C27H28F2N6O5. The molecule has 0 unspecified atom stereocenters. The van der Waals surface area contributed by atoms with Gasteiger partial charge in [-0.15, -0.1) is 15.3 Å². The van der Waals surface area contributed by atoms with E-state index >= 15 is 0 Å². The van der Waals surface area contributed by atoms with E-state index in [4.69, 9.17) is 20.0 Å². The number of pyridine rings is 1. The molecule has 4 aromatic rings. The van der Waals surface area contributed by atoms with Gasteiger partial charge >= 0.3 is 0 Å². The molecule has 0 bridgehead atoms. The quantitative estimate of drug-likeness (QED) is 0.0905. The van der Waals surface area contributed by atoms with Crippen molar-refractivity contribution in [1.82, 2.24) is 24.8 Å². The number of carbonyl (C=O) groups is 1. The minimum atomic E-state index is -3.13. The number of allylic oxidation sites excluding steroid dienone is 1. The van der Waals surface area contributed by atoms with Crippen molar-refractivity contribution in [2.75, 3.05) is 20.3 Å². The molecule has 3 N–H and O–H groups in total. The van der Waals surface area contributed by atoms with Crippen LogP contribution in [-0.4, -0.2) is 72.7 Å². The Morgan fingerprint density at radius 2 is 1.93 bits per heavy atom. The van der Waals surface area contributed by atoms with Crippen LogP contribution in [0.5, 0.6) is 5.88 Å². The Labute approximate surface area is 227 Å². The number of aromatic nitrogens is 5. The molecule has 210 valence electrons.